The Labute approximate surface area is 127 Å². The highest BCUT2D eigenvalue weighted by Gasteiger charge is 2.16. The second-order valence-electron chi connectivity index (χ2n) is 4.22. The number of methoxy groups -OCH3 is 3. The van der Waals surface area contributed by atoms with E-state index in [2.05, 4.69) is 15.9 Å². The monoisotopic (exact) mass is 336 g/mol. The van der Waals surface area contributed by atoms with Crippen LogP contribution in [0.5, 0.6) is 17.2 Å². The molecular formula is C16H17BrO3. The average molecular weight is 337 g/mol. The summed E-state index contributed by atoms with van der Waals surface area (Å²) in [6.07, 6.45) is 0. The Kier molecular flexibility index (Phi) is 4.90. The lowest BCUT2D eigenvalue weighted by Crippen LogP contribution is -1.98. The van der Waals surface area contributed by atoms with Crippen molar-refractivity contribution in [2.45, 2.75) is 4.83 Å². The molecule has 4 heteroatoms. The molecule has 2 aromatic rings. The SMILES string of the molecule is COc1ccc(C(Br)c2ccccc2OC)cc1OC. The molecule has 0 N–H and O–H groups in total. The molecule has 0 aromatic heterocycles. The first kappa shape index (κ1) is 14.7. The predicted octanol–water partition coefficient (Wildman–Crippen LogP) is 4.20. The lowest BCUT2D eigenvalue weighted by atomic mass is 10.0. The molecule has 0 amide bonds. The van der Waals surface area contributed by atoms with Crippen molar-refractivity contribution in [1.29, 1.82) is 0 Å². The molecular weight excluding hydrogens is 320 g/mol. The Morgan fingerprint density at radius 1 is 0.800 bits per heavy atom. The summed E-state index contributed by atoms with van der Waals surface area (Å²) < 4.78 is 16.0. The molecule has 0 aliphatic heterocycles. The predicted molar refractivity (Wildman–Crippen MR) is 83.3 cm³/mol. The molecule has 106 valence electrons. The van der Waals surface area contributed by atoms with Crippen molar-refractivity contribution in [3.63, 3.8) is 0 Å². The van der Waals surface area contributed by atoms with E-state index in [1.54, 1.807) is 21.3 Å². The van der Waals surface area contributed by atoms with Crippen molar-refractivity contribution in [1.82, 2.24) is 0 Å². The van der Waals surface area contributed by atoms with Crippen molar-refractivity contribution >= 4 is 15.9 Å². The van der Waals surface area contributed by atoms with E-state index in [1.807, 2.05) is 42.5 Å². The molecule has 1 unspecified atom stereocenters. The Balaban J connectivity index is 2.40. The van der Waals surface area contributed by atoms with Gasteiger partial charge in [0.2, 0.25) is 0 Å². The number of alkyl halides is 1. The molecule has 0 saturated heterocycles. The van der Waals surface area contributed by atoms with E-state index in [1.165, 1.54) is 0 Å². The maximum absolute atomic E-state index is 5.40. The van der Waals surface area contributed by atoms with Crippen molar-refractivity contribution in [2.24, 2.45) is 0 Å². The van der Waals surface area contributed by atoms with Gasteiger partial charge in [0.15, 0.2) is 11.5 Å². The Morgan fingerprint density at radius 2 is 1.45 bits per heavy atom. The summed E-state index contributed by atoms with van der Waals surface area (Å²) in [7, 11) is 4.94. The molecule has 20 heavy (non-hydrogen) atoms. The van der Waals surface area contributed by atoms with Gasteiger partial charge in [-0.15, -0.1) is 0 Å². The summed E-state index contributed by atoms with van der Waals surface area (Å²) in [5.41, 5.74) is 2.15. The molecule has 0 fully saturated rings. The highest BCUT2D eigenvalue weighted by atomic mass is 79.9. The standard InChI is InChI=1S/C16H17BrO3/c1-18-13-7-5-4-6-12(13)16(17)11-8-9-14(19-2)15(10-11)20-3/h4-10,16H,1-3H3. The topological polar surface area (TPSA) is 27.7 Å². The summed E-state index contributed by atoms with van der Waals surface area (Å²) in [5, 5.41) is 0. The van der Waals surface area contributed by atoms with E-state index in [-0.39, 0.29) is 4.83 Å². The zero-order valence-electron chi connectivity index (χ0n) is 11.7. The second-order valence-corrected chi connectivity index (χ2v) is 5.13. The van der Waals surface area contributed by atoms with Gasteiger partial charge in [-0.25, -0.2) is 0 Å². The number of hydrogen-bond acceptors (Lipinski definition) is 3. The van der Waals surface area contributed by atoms with Gasteiger partial charge in [0, 0.05) is 5.56 Å². The minimum absolute atomic E-state index is 0.0263. The van der Waals surface area contributed by atoms with Crippen LogP contribution in [-0.2, 0) is 0 Å². The van der Waals surface area contributed by atoms with Gasteiger partial charge < -0.3 is 14.2 Å². The lowest BCUT2D eigenvalue weighted by Gasteiger charge is -2.16. The van der Waals surface area contributed by atoms with Gasteiger partial charge in [-0.3, -0.25) is 0 Å². The molecule has 0 bridgehead atoms. The molecule has 1 atom stereocenters. The fourth-order valence-corrected chi connectivity index (χ4v) is 2.73. The van der Waals surface area contributed by atoms with Crippen LogP contribution in [0.4, 0.5) is 0 Å². The van der Waals surface area contributed by atoms with E-state index in [0.29, 0.717) is 5.75 Å². The highest BCUT2D eigenvalue weighted by Crippen LogP contribution is 2.39. The van der Waals surface area contributed by atoms with E-state index >= 15 is 0 Å². The molecule has 2 rings (SSSR count). The average Bonchev–Trinajstić information content (AvgIpc) is 2.53. The van der Waals surface area contributed by atoms with E-state index in [0.717, 1.165) is 22.6 Å². The summed E-state index contributed by atoms with van der Waals surface area (Å²) in [6, 6.07) is 13.8. The first-order valence-corrected chi connectivity index (χ1v) is 7.11. The fourth-order valence-electron chi connectivity index (χ4n) is 2.07. The Morgan fingerprint density at radius 3 is 2.10 bits per heavy atom. The largest absolute Gasteiger partial charge is 0.496 e. The summed E-state index contributed by atoms with van der Waals surface area (Å²) in [6.45, 7) is 0. The Hall–Kier alpha value is -1.68. The van der Waals surface area contributed by atoms with Gasteiger partial charge in [-0.05, 0) is 23.8 Å². The van der Waals surface area contributed by atoms with Crippen LogP contribution >= 0.6 is 15.9 Å². The van der Waals surface area contributed by atoms with E-state index in [9.17, 15) is 0 Å². The third-order valence-electron chi connectivity index (χ3n) is 3.11. The quantitative estimate of drug-likeness (QED) is 0.766. The molecule has 0 heterocycles. The maximum Gasteiger partial charge on any atom is 0.161 e. The smallest absolute Gasteiger partial charge is 0.161 e. The van der Waals surface area contributed by atoms with Crippen LogP contribution in [0.3, 0.4) is 0 Å². The molecule has 3 nitrogen and oxygen atoms in total. The summed E-state index contributed by atoms with van der Waals surface area (Å²) >= 11 is 3.72. The first-order valence-electron chi connectivity index (χ1n) is 6.20. The van der Waals surface area contributed by atoms with Gasteiger partial charge in [0.1, 0.15) is 5.75 Å². The highest BCUT2D eigenvalue weighted by molar-refractivity contribution is 9.09. The summed E-state index contributed by atoms with van der Waals surface area (Å²) in [5.74, 6) is 2.28. The normalized spacial score (nSPS) is 11.8. The van der Waals surface area contributed by atoms with E-state index < -0.39 is 0 Å². The molecule has 0 saturated carbocycles. The fraction of sp³-hybridized carbons (Fsp3) is 0.250. The van der Waals surface area contributed by atoms with Gasteiger partial charge in [-0.1, -0.05) is 40.2 Å². The number of para-hydroxylation sites is 1. The lowest BCUT2D eigenvalue weighted by molar-refractivity contribution is 0.354. The second kappa shape index (κ2) is 6.66. The first-order chi connectivity index (χ1) is 9.71. The molecule has 0 spiro atoms. The van der Waals surface area contributed by atoms with Crippen LogP contribution in [0, 0.1) is 0 Å². The summed E-state index contributed by atoms with van der Waals surface area (Å²) in [4.78, 5) is 0.0263. The minimum atomic E-state index is 0.0263. The van der Waals surface area contributed by atoms with Crippen molar-refractivity contribution in [3.05, 3.63) is 53.6 Å². The number of ether oxygens (including phenoxy) is 3. The van der Waals surface area contributed by atoms with Crippen LogP contribution in [0.25, 0.3) is 0 Å². The van der Waals surface area contributed by atoms with Crippen LogP contribution < -0.4 is 14.2 Å². The van der Waals surface area contributed by atoms with Gasteiger partial charge >= 0.3 is 0 Å². The van der Waals surface area contributed by atoms with Crippen molar-refractivity contribution < 1.29 is 14.2 Å². The molecule has 0 aliphatic rings. The third-order valence-corrected chi connectivity index (χ3v) is 4.13. The Bertz CT molecular complexity index is 584. The molecule has 0 radical (unpaired) electrons. The molecule has 2 aromatic carbocycles. The minimum Gasteiger partial charge on any atom is -0.496 e. The van der Waals surface area contributed by atoms with Crippen LogP contribution in [0.15, 0.2) is 42.5 Å². The van der Waals surface area contributed by atoms with Gasteiger partial charge in [0.05, 0.1) is 26.2 Å². The number of halogens is 1. The van der Waals surface area contributed by atoms with Gasteiger partial charge in [0.25, 0.3) is 0 Å². The molecule has 0 aliphatic carbocycles. The number of hydrogen-bond donors (Lipinski definition) is 0. The number of benzene rings is 2. The van der Waals surface area contributed by atoms with E-state index in [4.69, 9.17) is 14.2 Å². The van der Waals surface area contributed by atoms with Crippen LogP contribution in [0.1, 0.15) is 16.0 Å². The maximum atomic E-state index is 5.40. The zero-order valence-corrected chi connectivity index (χ0v) is 13.3. The third kappa shape index (κ3) is 2.90. The van der Waals surface area contributed by atoms with Gasteiger partial charge in [-0.2, -0.15) is 0 Å². The van der Waals surface area contributed by atoms with Crippen molar-refractivity contribution in [3.8, 4) is 17.2 Å². The number of rotatable bonds is 5. The van der Waals surface area contributed by atoms with Crippen LogP contribution in [0.2, 0.25) is 0 Å². The zero-order chi connectivity index (χ0) is 14.5. The van der Waals surface area contributed by atoms with Crippen molar-refractivity contribution in [2.75, 3.05) is 21.3 Å². The van der Waals surface area contributed by atoms with Crippen LogP contribution in [-0.4, -0.2) is 21.3 Å².